The van der Waals surface area contributed by atoms with E-state index in [0.29, 0.717) is 42.1 Å². The largest absolute Gasteiger partial charge is 0.337 e. The summed E-state index contributed by atoms with van der Waals surface area (Å²) in [7, 11) is 1.85. The predicted octanol–water partition coefficient (Wildman–Crippen LogP) is 2.24. The molecule has 2 aliphatic heterocycles. The average molecular weight is 486 g/mol. The van der Waals surface area contributed by atoms with E-state index in [0.717, 1.165) is 29.8 Å². The van der Waals surface area contributed by atoms with E-state index in [-0.39, 0.29) is 18.0 Å². The normalized spacial score (nSPS) is 19.1. The lowest BCUT2D eigenvalue weighted by molar-refractivity contribution is 0.0633. The minimum atomic E-state index is -0.0752. The van der Waals surface area contributed by atoms with E-state index in [1.165, 1.54) is 0 Å². The molecule has 2 aliphatic rings. The topological polar surface area (TPSA) is 134 Å². The van der Waals surface area contributed by atoms with Gasteiger partial charge in [0.1, 0.15) is 5.82 Å². The van der Waals surface area contributed by atoms with E-state index in [2.05, 4.69) is 40.7 Å². The minimum absolute atomic E-state index is 0.0746. The SMILES string of the molecule is Cc1cc(Nc2cc(C)[nH]n2)nc(N2CC3CCC(C2)N3C(=O)c2ccc(-c3cnn(C)c3)nn2)n1. The molecule has 0 aromatic carbocycles. The van der Waals surface area contributed by atoms with Gasteiger partial charge in [-0.05, 0) is 38.8 Å². The van der Waals surface area contributed by atoms with Crippen molar-refractivity contribution in [2.75, 3.05) is 23.3 Å². The highest BCUT2D eigenvalue weighted by Gasteiger charge is 2.44. The number of H-pyrrole nitrogens is 1. The molecule has 0 radical (unpaired) electrons. The fourth-order valence-corrected chi connectivity index (χ4v) is 5.06. The van der Waals surface area contributed by atoms with Gasteiger partial charge < -0.3 is 15.1 Å². The summed E-state index contributed by atoms with van der Waals surface area (Å²) in [6, 6.07) is 7.55. The van der Waals surface area contributed by atoms with Gasteiger partial charge in [-0.3, -0.25) is 14.6 Å². The Bertz CT molecular complexity index is 1400. The number of aryl methyl sites for hydroxylation is 3. The first-order valence-corrected chi connectivity index (χ1v) is 12.0. The number of nitrogens with zero attached hydrogens (tertiary/aromatic N) is 9. The molecule has 12 nitrogen and oxygen atoms in total. The molecule has 6 rings (SSSR count). The zero-order valence-electron chi connectivity index (χ0n) is 20.4. The summed E-state index contributed by atoms with van der Waals surface area (Å²) in [6.45, 7) is 5.25. The standard InChI is InChI=1S/C24H27N11O/c1-14-8-21(27-22-9-15(2)29-32-22)28-24(26-14)34-12-17-4-5-18(13-34)35(17)23(36)20-7-6-19(30-31-20)16-10-25-33(3)11-16/h6-11,17-18H,4-5,12-13H2,1-3H3,(H2,26,27,28,29,32). The van der Waals surface area contributed by atoms with Crippen LogP contribution in [0.15, 0.2) is 36.7 Å². The van der Waals surface area contributed by atoms with Crippen molar-refractivity contribution in [3.05, 3.63) is 53.7 Å². The number of nitrogens with one attached hydrogen (secondary N) is 2. The number of hydrogen-bond acceptors (Lipinski definition) is 9. The zero-order chi connectivity index (χ0) is 24.8. The third kappa shape index (κ3) is 4.14. The van der Waals surface area contributed by atoms with E-state index >= 15 is 0 Å². The molecule has 4 aromatic heterocycles. The van der Waals surface area contributed by atoms with Crippen LogP contribution in [-0.4, -0.2) is 76.1 Å². The summed E-state index contributed by atoms with van der Waals surface area (Å²) < 4.78 is 1.71. The number of aromatic nitrogens is 8. The summed E-state index contributed by atoms with van der Waals surface area (Å²) in [4.78, 5) is 27.0. The maximum Gasteiger partial charge on any atom is 0.274 e. The lowest BCUT2D eigenvalue weighted by atomic mass is 10.1. The smallest absolute Gasteiger partial charge is 0.274 e. The van der Waals surface area contributed by atoms with Crippen LogP contribution in [-0.2, 0) is 7.05 Å². The maximum absolute atomic E-state index is 13.4. The molecule has 0 saturated carbocycles. The van der Waals surface area contributed by atoms with Gasteiger partial charge in [-0.1, -0.05) is 0 Å². The van der Waals surface area contributed by atoms with Crippen molar-refractivity contribution < 1.29 is 4.79 Å². The van der Waals surface area contributed by atoms with Crippen LogP contribution in [0.25, 0.3) is 11.3 Å². The second-order valence-electron chi connectivity index (χ2n) is 9.46. The van der Waals surface area contributed by atoms with Gasteiger partial charge in [-0.25, -0.2) is 4.98 Å². The Kier molecular flexibility index (Phi) is 5.35. The molecule has 184 valence electrons. The number of amides is 1. The second kappa shape index (κ2) is 8.70. The quantitative estimate of drug-likeness (QED) is 0.436. The van der Waals surface area contributed by atoms with E-state index in [9.17, 15) is 4.79 Å². The van der Waals surface area contributed by atoms with Gasteiger partial charge in [0.05, 0.1) is 24.0 Å². The summed E-state index contributed by atoms with van der Waals surface area (Å²) in [6.07, 6.45) is 5.49. The van der Waals surface area contributed by atoms with Crippen LogP contribution in [0.5, 0.6) is 0 Å². The van der Waals surface area contributed by atoms with Gasteiger partial charge >= 0.3 is 0 Å². The summed E-state index contributed by atoms with van der Waals surface area (Å²) >= 11 is 0. The number of carbonyl (C=O) groups is 1. The lowest BCUT2D eigenvalue weighted by Crippen LogP contribution is -2.56. The van der Waals surface area contributed by atoms with Crippen molar-refractivity contribution in [3.63, 3.8) is 0 Å². The maximum atomic E-state index is 13.4. The highest BCUT2D eigenvalue weighted by Crippen LogP contribution is 2.33. The molecular weight excluding hydrogens is 458 g/mol. The number of fused-ring (bicyclic) bond motifs is 2. The second-order valence-corrected chi connectivity index (χ2v) is 9.46. The molecule has 36 heavy (non-hydrogen) atoms. The summed E-state index contributed by atoms with van der Waals surface area (Å²) in [5.41, 5.74) is 3.76. The third-order valence-corrected chi connectivity index (χ3v) is 6.69. The molecule has 2 saturated heterocycles. The number of hydrogen-bond donors (Lipinski definition) is 2. The third-order valence-electron chi connectivity index (χ3n) is 6.69. The van der Waals surface area contributed by atoms with E-state index < -0.39 is 0 Å². The lowest BCUT2D eigenvalue weighted by Gasteiger charge is -2.41. The molecule has 0 aliphatic carbocycles. The fraction of sp³-hybridized carbons (Fsp3) is 0.375. The van der Waals surface area contributed by atoms with Crippen molar-refractivity contribution in [1.29, 1.82) is 0 Å². The molecular formula is C24H27N11O. The molecule has 2 unspecified atom stereocenters. The fourth-order valence-electron chi connectivity index (χ4n) is 5.06. The van der Waals surface area contributed by atoms with Gasteiger partial charge in [0.2, 0.25) is 5.95 Å². The van der Waals surface area contributed by atoms with Crippen LogP contribution in [0.4, 0.5) is 17.6 Å². The number of anilines is 3. The Morgan fingerprint density at radius 3 is 2.50 bits per heavy atom. The monoisotopic (exact) mass is 485 g/mol. The Balaban J connectivity index is 1.18. The molecule has 2 fully saturated rings. The van der Waals surface area contributed by atoms with Gasteiger partial charge in [-0.15, -0.1) is 10.2 Å². The molecule has 0 spiro atoms. The minimum Gasteiger partial charge on any atom is -0.337 e. The van der Waals surface area contributed by atoms with Crippen LogP contribution in [0.1, 0.15) is 34.7 Å². The molecule has 4 aromatic rings. The first kappa shape index (κ1) is 22.1. The highest BCUT2D eigenvalue weighted by atomic mass is 16.2. The highest BCUT2D eigenvalue weighted by molar-refractivity contribution is 5.93. The molecule has 2 N–H and O–H groups in total. The number of rotatable bonds is 5. The Morgan fingerprint density at radius 1 is 1.06 bits per heavy atom. The Hall–Kier alpha value is -4.35. The van der Waals surface area contributed by atoms with Crippen molar-refractivity contribution in [3.8, 4) is 11.3 Å². The molecule has 6 heterocycles. The van der Waals surface area contributed by atoms with Crippen molar-refractivity contribution in [2.45, 2.75) is 38.8 Å². The number of carbonyl (C=O) groups excluding carboxylic acids is 1. The van der Waals surface area contributed by atoms with Crippen molar-refractivity contribution in [2.24, 2.45) is 7.05 Å². The van der Waals surface area contributed by atoms with Crippen LogP contribution < -0.4 is 10.2 Å². The van der Waals surface area contributed by atoms with Crippen LogP contribution in [0.2, 0.25) is 0 Å². The average Bonchev–Trinajstić information content (AvgIpc) is 3.55. The van der Waals surface area contributed by atoms with E-state index in [4.69, 9.17) is 4.98 Å². The van der Waals surface area contributed by atoms with Crippen LogP contribution in [0.3, 0.4) is 0 Å². The van der Waals surface area contributed by atoms with Crippen molar-refractivity contribution >= 4 is 23.5 Å². The molecule has 2 bridgehead atoms. The first-order valence-electron chi connectivity index (χ1n) is 12.0. The molecule has 2 atom stereocenters. The van der Waals surface area contributed by atoms with Crippen molar-refractivity contribution in [1.82, 2.24) is 45.0 Å². The van der Waals surface area contributed by atoms with E-state index in [1.807, 2.05) is 50.2 Å². The van der Waals surface area contributed by atoms with Gasteiger partial charge in [0, 0.05) is 55.4 Å². The summed E-state index contributed by atoms with van der Waals surface area (Å²) in [5.74, 6) is 1.99. The number of aromatic amines is 1. The number of piperazine rings is 1. The van der Waals surface area contributed by atoms with Gasteiger partial charge in [-0.2, -0.15) is 15.2 Å². The Morgan fingerprint density at radius 2 is 1.86 bits per heavy atom. The first-order chi connectivity index (χ1) is 17.4. The van der Waals surface area contributed by atoms with Crippen LogP contribution in [0, 0.1) is 13.8 Å². The zero-order valence-corrected chi connectivity index (χ0v) is 20.4. The molecule has 1 amide bonds. The van der Waals surface area contributed by atoms with Crippen LogP contribution >= 0.6 is 0 Å². The van der Waals surface area contributed by atoms with E-state index in [1.54, 1.807) is 16.9 Å². The predicted molar refractivity (Wildman–Crippen MR) is 133 cm³/mol. The Labute approximate surface area is 207 Å². The molecule has 12 heteroatoms. The summed E-state index contributed by atoms with van der Waals surface area (Å²) in [5, 5.41) is 23.1. The van der Waals surface area contributed by atoms with Gasteiger partial charge in [0.15, 0.2) is 11.5 Å². The van der Waals surface area contributed by atoms with Gasteiger partial charge in [0.25, 0.3) is 5.91 Å².